The van der Waals surface area contributed by atoms with E-state index in [0.717, 1.165) is 19.0 Å². The minimum absolute atomic E-state index is 0.481. The van der Waals surface area contributed by atoms with Crippen LogP contribution >= 0.6 is 0 Å². The maximum absolute atomic E-state index is 9.55. The number of aliphatic carboxylic acids is 2. The average molecular weight is 437 g/mol. The number of aromatic nitrogens is 1. The number of hydrogen-bond acceptors (Lipinski definition) is 3. The highest BCUT2D eigenvalue weighted by atomic mass is 16.4. The molecule has 0 bridgehead atoms. The molecule has 1 aromatic heterocycles. The van der Waals surface area contributed by atoms with Gasteiger partial charge in [0.15, 0.2) is 0 Å². The number of carboxylic acids is 2. The first-order valence-corrected chi connectivity index (χ1v) is 11.7. The predicted molar refractivity (Wildman–Crippen MR) is 124 cm³/mol. The van der Waals surface area contributed by atoms with Gasteiger partial charge in [-0.15, -0.1) is 0 Å². The molecule has 3 N–H and O–H groups in total. The molecule has 1 atom stereocenters. The molecular weight excluding hydrogens is 404 g/mol. The van der Waals surface area contributed by atoms with Crippen molar-refractivity contribution in [3.05, 3.63) is 58.8 Å². The standard InChI is InChI=1S/C22H28N2.C4H4O4/c1-15-21-14-19-8-7-18-13-17(16-5-3-2-4-6-16)9-10-20(18)22(19)24(21)12-11-23-15;5-3(6)1-2-4(7)8/h9-10,13-16,23H,2-8,11-12H2,1H3;1-2H,(H,5,6)(H,7,8). The zero-order chi connectivity index (χ0) is 22.7. The van der Waals surface area contributed by atoms with E-state index in [1.165, 1.54) is 61.9 Å². The number of carboxylic acid groups (broad SMARTS) is 2. The fourth-order valence-corrected chi connectivity index (χ4v) is 5.39. The lowest BCUT2D eigenvalue weighted by molar-refractivity contribution is -0.134. The lowest BCUT2D eigenvalue weighted by atomic mass is 9.81. The maximum Gasteiger partial charge on any atom is 0.328 e. The summed E-state index contributed by atoms with van der Waals surface area (Å²) in [7, 11) is 0. The minimum Gasteiger partial charge on any atom is -0.478 e. The number of benzene rings is 1. The van der Waals surface area contributed by atoms with E-state index >= 15 is 0 Å². The monoisotopic (exact) mass is 436 g/mol. The molecule has 3 aliphatic rings. The zero-order valence-corrected chi connectivity index (χ0v) is 18.6. The van der Waals surface area contributed by atoms with Crippen LogP contribution in [0.3, 0.4) is 0 Å². The van der Waals surface area contributed by atoms with Gasteiger partial charge in [-0.2, -0.15) is 0 Å². The lowest BCUT2D eigenvalue weighted by Crippen LogP contribution is -2.31. The summed E-state index contributed by atoms with van der Waals surface area (Å²) in [4.78, 5) is 19.1. The van der Waals surface area contributed by atoms with Crippen LogP contribution < -0.4 is 5.32 Å². The summed E-state index contributed by atoms with van der Waals surface area (Å²) >= 11 is 0. The van der Waals surface area contributed by atoms with Crippen LogP contribution in [0.25, 0.3) is 11.3 Å². The summed E-state index contributed by atoms with van der Waals surface area (Å²) in [6.45, 7) is 4.49. The molecule has 1 aromatic carbocycles. The fraction of sp³-hybridized carbons (Fsp3) is 0.462. The van der Waals surface area contributed by atoms with Crippen molar-refractivity contribution in [3.8, 4) is 11.3 Å². The molecule has 0 radical (unpaired) electrons. The van der Waals surface area contributed by atoms with Crippen molar-refractivity contribution < 1.29 is 19.8 Å². The van der Waals surface area contributed by atoms with Crippen molar-refractivity contribution in [2.24, 2.45) is 0 Å². The number of nitrogens with one attached hydrogen (secondary N) is 1. The Labute approximate surface area is 189 Å². The predicted octanol–water partition coefficient (Wildman–Crippen LogP) is 4.68. The van der Waals surface area contributed by atoms with Gasteiger partial charge in [-0.1, -0.05) is 37.5 Å². The average Bonchev–Trinajstić information content (AvgIpc) is 3.19. The van der Waals surface area contributed by atoms with Crippen LogP contribution in [0.2, 0.25) is 0 Å². The van der Waals surface area contributed by atoms with Crippen molar-refractivity contribution >= 4 is 11.9 Å². The van der Waals surface area contributed by atoms with Gasteiger partial charge in [0.25, 0.3) is 0 Å². The Bertz CT molecular complexity index is 1010. The third kappa shape index (κ3) is 4.80. The topological polar surface area (TPSA) is 91.6 Å². The van der Waals surface area contributed by atoms with Crippen LogP contribution in [0, 0.1) is 0 Å². The second-order valence-corrected chi connectivity index (χ2v) is 9.03. The highest BCUT2D eigenvalue weighted by Gasteiger charge is 2.27. The summed E-state index contributed by atoms with van der Waals surface area (Å²) in [5.41, 5.74) is 9.29. The Morgan fingerprint density at radius 3 is 2.38 bits per heavy atom. The van der Waals surface area contributed by atoms with Crippen LogP contribution in [0.1, 0.15) is 73.4 Å². The van der Waals surface area contributed by atoms with Gasteiger partial charge in [-0.05, 0) is 61.3 Å². The summed E-state index contributed by atoms with van der Waals surface area (Å²) in [6, 6.07) is 10.4. The molecule has 5 rings (SSSR count). The van der Waals surface area contributed by atoms with Crippen LogP contribution in [0.5, 0.6) is 0 Å². The highest BCUT2D eigenvalue weighted by molar-refractivity contribution is 5.89. The molecule has 6 nitrogen and oxygen atoms in total. The van der Waals surface area contributed by atoms with Gasteiger partial charge in [-0.25, -0.2) is 9.59 Å². The van der Waals surface area contributed by atoms with Gasteiger partial charge >= 0.3 is 11.9 Å². The van der Waals surface area contributed by atoms with E-state index in [1.54, 1.807) is 16.7 Å². The quantitative estimate of drug-likeness (QED) is 0.608. The number of fused-ring (bicyclic) bond motifs is 5. The van der Waals surface area contributed by atoms with Crippen molar-refractivity contribution in [1.82, 2.24) is 9.88 Å². The molecule has 1 unspecified atom stereocenters. The van der Waals surface area contributed by atoms with Gasteiger partial charge in [0.1, 0.15) is 0 Å². The molecule has 2 heterocycles. The summed E-state index contributed by atoms with van der Waals surface area (Å²) in [6.07, 6.45) is 10.6. The summed E-state index contributed by atoms with van der Waals surface area (Å²) in [5.74, 6) is -1.70. The maximum atomic E-state index is 9.55. The third-order valence-corrected chi connectivity index (χ3v) is 6.93. The molecule has 0 amide bonds. The van der Waals surface area contributed by atoms with Crippen molar-refractivity contribution in [3.63, 3.8) is 0 Å². The second kappa shape index (κ2) is 9.74. The molecule has 1 aliphatic heterocycles. The second-order valence-electron chi connectivity index (χ2n) is 9.03. The molecule has 0 saturated heterocycles. The lowest BCUT2D eigenvalue weighted by Gasteiger charge is -2.28. The van der Waals surface area contributed by atoms with E-state index in [2.05, 4.69) is 41.1 Å². The Kier molecular flexibility index (Phi) is 6.80. The van der Waals surface area contributed by atoms with E-state index in [4.69, 9.17) is 10.2 Å². The van der Waals surface area contributed by atoms with Crippen LogP contribution in [0.4, 0.5) is 0 Å². The molecular formula is C26H32N2O4. The fourth-order valence-electron chi connectivity index (χ4n) is 5.39. The van der Waals surface area contributed by atoms with Crippen LogP contribution in [0.15, 0.2) is 36.4 Å². The molecule has 2 aromatic rings. The molecule has 1 saturated carbocycles. The van der Waals surface area contributed by atoms with E-state index in [9.17, 15) is 9.59 Å². The number of rotatable bonds is 3. The van der Waals surface area contributed by atoms with E-state index < -0.39 is 11.9 Å². The SMILES string of the molecule is CC1NCCn2c1cc1c2-c2ccc(C3CCCCC3)cc2CC1.O=C(O)C=CC(=O)O. The van der Waals surface area contributed by atoms with Crippen molar-refractivity contribution in [2.75, 3.05) is 6.54 Å². The van der Waals surface area contributed by atoms with Gasteiger partial charge in [0, 0.05) is 42.5 Å². The smallest absolute Gasteiger partial charge is 0.328 e. The third-order valence-electron chi connectivity index (χ3n) is 6.93. The first kappa shape index (κ1) is 22.3. The molecule has 0 spiro atoms. The van der Waals surface area contributed by atoms with E-state index in [0.29, 0.717) is 18.2 Å². The Morgan fingerprint density at radius 1 is 1.00 bits per heavy atom. The molecule has 2 aliphatic carbocycles. The van der Waals surface area contributed by atoms with Crippen LogP contribution in [-0.2, 0) is 29.0 Å². The summed E-state index contributed by atoms with van der Waals surface area (Å²) < 4.78 is 2.59. The van der Waals surface area contributed by atoms with Gasteiger partial charge in [0.05, 0.1) is 5.69 Å². The van der Waals surface area contributed by atoms with Crippen molar-refractivity contribution in [2.45, 2.75) is 70.4 Å². The molecule has 1 fully saturated rings. The number of aryl methyl sites for hydroxylation is 2. The first-order chi connectivity index (χ1) is 15.4. The van der Waals surface area contributed by atoms with Gasteiger partial charge in [-0.3, -0.25) is 0 Å². The highest BCUT2D eigenvalue weighted by Crippen LogP contribution is 2.41. The Hall–Kier alpha value is -2.86. The van der Waals surface area contributed by atoms with Gasteiger partial charge in [0.2, 0.25) is 0 Å². The van der Waals surface area contributed by atoms with E-state index in [-0.39, 0.29) is 0 Å². The van der Waals surface area contributed by atoms with Crippen molar-refractivity contribution in [1.29, 1.82) is 0 Å². The number of carbonyl (C=O) groups is 2. The minimum atomic E-state index is -1.26. The first-order valence-electron chi connectivity index (χ1n) is 11.7. The van der Waals surface area contributed by atoms with Gasteiger partial charge < -0.3 is 20.1 Å². The number of hydrogen-bond donors (Lipinski definition) is 3. The Morgan fingerprint density at radius 2 is 1.69 bits per heavy atom. The largest absolute Gasteiger partial charge is 0.478 e. The Balaban J connectivity index is 0.000000265. The zero-order valence-electron chi connectivity index (χ0n) is 18.6. The normalized spacial score (nSPS) is 20.0. The molecule has 32 heavy (non-hydrogen) atoms. The molecule has 6 heteroatoms. The van der Waals surface area contributed by atoms with Crippen LogP contribution in [-0.4, -0.2) is 33.3 Å². The molecule has 170 valence electrons. The number of nitrogens with zero attached hydrogens (tertiary/aromatic N) is 1. The van der Waals surface area contributed by atoms with E-state index in [1.807, 2.05) is 0 Å². The summed E-state index contributed by atoms with van der Waals surface area (Å²) in [5, 5.41) is 19.2.